The Balaban J connectivity index is 2.95. The van der Waals surface area contributed by atoms with Gasteiger partial charge in [0.25, 0.3) is 0 Å². The number of rotatable bonds is 6. The first-order chi connectivity index (χ1) is 8.47. The minimum Gasteiger partial charge on any atom is -0.330 e. The molecule has 18 heavy (non-hydrogen) atoms. The van der Waals surface area contributed by atoms with E-state index >= 15 is 0 Å². The second kappa shape index (κ2) is 6.94. The monoisotopic (exact) mass is 247 g/mol. The van der Waals surface area contributed by atoms with Gasteiger partial charge in [0.15, 0.2) is 0 Å². The van der Waals surface area contributed by atoms with E-state index in [2.05, 4.69) is 46.8 Å². The number of hydrogen-bond donors (Lipinski definition) is 1. The smallest absolute Gasteiger partial charge is 0.00773 e. The van der Waals surface area contributed by atoms with E-state index in [0.29, 0.717) is 11.8 Å². The first-order valence-corrected chi connectivity index (χ1v) is 7.25. The van der Waals surface area contributed by atoms with Crippen molar-refractivity contribution in [2.24, 2.45) is 11.7 Å². The Hall–Kier alpha value is -0.820. The molecule has 0 radical (unpaired) electrons. The minimum atomic E-state index is 0.677. The van der Waals surface area contributed by atoms with Gasteiger partial charge in [-0.15, -0.1) is 0 Å². The van der Waals surface area contributed by atoms with Gasteiger partial charge in [-0.3, -0.25) is 0 Å². The molecule has 0 saturated heterocycles. The normalized spacial score (nSPS) is 13.1. The first kappa shape index (κ1) is 15.2. The van der Waals surface area contributed by atoms with Crippen molar-refractivity contribution in [2.45, 2.75) is 59.8 Å². The molecule has 0 saturated carbocycles. The van der Waals surface area contributed by atoms with Crippen molar-refractivity contribution < 1.29 is 0 Å². The van der Waals surface area contributed by atoms with Crippen molar-refractivity contribution in [3.05, 3.63) is 34.4 Å². The van der Waals surface area contributed by atoms with E-state index in [-0.39, 0.29) is 0 Å². The predicted molar refractivity (Wildman–Crippen MR) is 81.1 cm³/mol. The molecular formula is C17H29N. The molecule has 2 N–H and O–H groups in total. The summed E-state index contributed by atoms with van der Waals surface area (Å²) in [6.45, 7) is 12.2. The summed E-state index contributed by atoms with van der Waals surface area (Å²) < 4.78 is 0. The zero-order valence-electron chi connectivity index (χ0n) is 12.7. The van der Waals surface area contributed by atoms with Crippen LogP contribution in [0.5, 0.6) is 0 Å². The first-order valence-electron chi connectivity index (χ1n) is 7.25. The van der Waals surface area contributed by atoms with E-state index in [0.717, 1.165) is 13.0 Å². The molecule has 0 aliphatic rings. The van der Waals surface area contributed by atoms with Crippen LogP contribution >= 0.6 is 0 Å². The zero-order chi connectivity index (χ0) is 13.7. The van der Waals surface area contributed by atoms with Crippen molar-refractivity contribution in [3.63, 3.8) is 0 Å². The number of benzene rings is 1. The van der Waals surface area contributed by atoms with Gasteiger partial charge < -0.3 is 5.73 Å². The van der Waals surface area contributed by atoms with Crippen LogP contribution in [-0.4, -0.2) is 6.54 Å². The van der Waals surface area contributed by atoms with Gasteiger partial charge >= 0.3 is 0 Å². The average Bonchev–Trinajstić information content (AvgIpc) is 2.30. The second-order valence-corrected chi connectivity index (χ2v) is 5.93. The lowest BCUT2D eigenvalue weighted by Gasteiger charge is -2.24. The Morgan fingerprint density at radius 3 is 2.11 bits per heavy atom. The predicted octanol–water partition coefficient (Wildman–Crippen LogP) is 4.48. The van der Waals surface area contributed by atoms with Gasteiger partial charge in [-0.25, -0.2) is 0 Å². The molecule has 0 spiro atoms. The van der Waals surface area contributed by atoms with E-state index in [9.17, 15) is 0 Å². The summed E-state index contributed by atoms with van der Waals surface area (Å²) in [4.78, 5) is 0. The Bertz CT molecular complexity index is 379. The second-order valence-electron chi connectivity index (χ2n) is 5.93. The molecule has 0 aliphatic carbocycles. The van der Waals surface area contributed by atoms with E-state index in [1.807, 2.05) is 0 Å². The Kier molecular flexibility index (Phi) is 5.87. The topological polar surface area (TPSA) is 26.0 Å². The van der Waals surface area contributed by atoms with Crippen LogP contribution < -0.4 is 5.73 Å². The SMILES string of the molecule is Cc1cc(C)c(C(CCCCN)C(C)C)cc1C. The fraction of sp³-hybridized carbons (Fsp3) is 0.647. The van der Waals surface area contributed by atoms with Gasteiger partial charge in [-0.1, -0.05) is 32.4 Å². The van der Waals surface area contributed by atoms with E-state index in [4.69, 9.17) is 5.73 Å². The molecule has 0 aliphatic heterocycles. The third-order valence-electron chi connectivity index (χ3n) is 4.06. The quantitative estimate of drug-likeness (QED) is 0.737. The standard InChI is InChI=1S/C17H29N/c1-12(2)16(8-6-7-9-18)17-11-14(4)13(3)10-15(17)5/h10-12,16H,6-9,18H2,1-5H3. The van der Waals surface area contributed by atoms with Crippen LogP contribution in [-0.2, 0) is 0 Å². The largest absolute Gasteiger partial charge is 0.330 e. The molecule has 102 valence electrons. The fourth-order valence-corrected chi connectivity index (χ4v) is 2.74. The van der Waals surface area contributed by atoms with Gasteiger partial charge in [0.05, 0.1) is 0 Å². The van der Waals surface area contributed by atoms with Gasteiger partial charge in [-0.2, -0.15) is 0 Å². The minimum absolute atomic E-state index is 0.677. The number of nitrogens with two attached hydrogens (primary N) is 1. The lowest BCUT2D eigenvalue weighted by atomic mass is 9.81. The zero-order valence-corrected chi connectivity index (χ0v) is 12.7. The van der Waals surface area contributed by atoms with Gasteiger partial charge in [0.1, 0.15) is 0 Å². The maximum absolute atomic E-state index is 5.60. The maximum Gasteiger partial charge on any atom is -0.00773 e. The molecule has 0 heterocycles. The molecule has 1 aromatic carbocycles. The average molecular weight is 247 g/mol. The Labute approximate surface area is 113 Å². The molecule has 1 nitrogen and oxygen atoms in total. The summed E-state index contributed by atoms with van der Waals surface area (Å²) in [6, 6.07) is 4.74. The van der Waals surface area contributed by atoms with E-state index < -0.39 is 0 Å². The van der Waals surface area contributed by atoms with Crippen LogP contribution in [0, 0.1) is 26.7 Å². The molecule has 0 fully saturated rings. The van der Waals surface area contributed by atoms with Crippen LogP contribution in [0.3, 0.4) is 0 Å². The van der Waals surface area contributed by atoms with Crippen molar-refractivity contribution in [3.8, 4) is 0 Å². The highest BCUT2D eigenvalue weighted by Gasteiger charge is 2.18. The van der Waals surface area contributed by atoms with Crippen molar-refractivity contribution >= 4 is 0 Å². The van der Waals surface area contributed by atoms with Crippen LogP contribution in [0.15, 0.2) is 12.1 Å². The van der Waals surface area contributed by atoms with Gasteiger partial charge in [0.2, 0.25) is 0 Å². The molecule has 1 rings (SSSR count). The highest BCUT2D eigenvalue weighted by Crippen LogP contribution is 2.33. The Morgan fingerprint density at radius 2 is 1.56 bits per heavy atom. The Morgan fingerprint density at radius 1 is 0.944 bits per heavy atom. The van der Waals surface area contributed by atoms with Crippen LogP contribution in [0.1, 0.15) is 61.3 Å². The maximum atomic E-state index is 5.60. The molecule has 1 unspecified atom stereocenters. The number of unbranched alkanes of at least 4 members (excludes halogenated alkanes) is 1. The summed E-state index contributed by atoms with van der Waals surface area (Å²) in [5, 5.41) is 0. The summed E-state index contributed by atoms with van der Waals surface area (Å²) in [5.41, 5.74) is 11.4. The van der Waals surface area contributed by atoms with Crippen molar-refractivity contribution in [1.82, 2.24) is 0 Å². The highest BCUT2D eigenvalue weighted by atomic mass is 14.5. The van der Waals surface area contributed by atoms with Gasteiger partial charge in [-0.05, 0) is 74.2 Å². The third kappa shape index (κ3) is 3.84. The third-order valence-corrected chi connectivity index (χ3v) is 4.06. The summed E-state index contributed by atoms with van der Waals surface area (Å²) in [5.74, 6) is 1.37. The molecule has 1 heteroatoms. The number of hydrogen-bond acceptors (Lipinski definition) is 1. The lowest BCUT2D eigenvalue weighted by Crippen LogP contribution is -2.10. The molecule has 0 bridgehead atoms. The summed E-state index contributed by atoms with van der Waals surface area (Å²) in [7, 11) is 0. The summed E-state index contributed by atoms with van der Waals surface area (Å²) >= 11 is 0. The summed E-state index contributed by atoms with van der Waals surface area (Å²) in [6.07, 6.45) is 3.65. The van der Waals surface area contributed by atoms with Crippen LogP contribution in [0.25, 0.3) is 0 Å². The van der Waals surface area contributed by atoms with E-state index in [1.165, 1.54) is 29.5 Å². The molecular weight excluding hydrogens is 218 g/mol. The molecule has 0 amide bonds. The van der Waals surface area contributed by atoms with E-state index in [1.54, 1.807) is 5.56 Å². The van der Waals surface area contributed by atoms with Gasteiger partial charge in [0, 0.05) is 0 Å². The van der Waals surface area contributed by atoms with Crippen LogP contribution in [0.2, 0.25) is 0 Å². The lowest BCUT2D eigenvalue weighted by molar-refractivity contribution is 0.448. The molecule has 1 atom stereocenters. The van der Waals surface area contributed by atoms with Crippen molar-refractivity contribution in [2.75, 3.05) is 6.54 Å². The molecule has 1 aromatic rings. The van der Waals surface area contributed by atoms with Crippen LogP contribution in [0.4, 0.5) is 0 Å². The fourth-order valence-electron chi connectivity index (χ4n) is 2.74. The molecule has 0 aromatic heterocycles. The van der Waals surface area contributed by atoms with Crippen molar-refractivity contribution in [1.29, 1.82) is 0 Å². The number of aryl methyl sites for hydroxylation is 3. The highest BCUT2D eigenvalue weighted by molar-refractivity contribution is 5.38.